The molecular weight excluding hydrogens is 248 g/mol. The number of carbonyl (C=O) groups is 1. The lowest BCUT2D eigenvalue weighted by Crippen LogP contribution is -2.41. The standard InChI is InChI=1S/C13H18N2O2S/c14-12(17)13-15(7-9-18-13)11(6-8-16)10-4-2-1-3-5-10/h1-5,11,13,16H,6-9H2,(H2,14,17)/t11-,13?/m0/s1. The van der Waals surface area contributed by atoms with Crippen molar-refractivity contribution in [1.82, 2.24) is 4.90 Å². The highest BCUT2D eigenvalue weighted by molar-refractivity contribution is 8.00. The quantitative estimate of drug-likeness (QED) is 0.833. The third kappa shape index (κ3) is 2.85. The van der Waals surface area contributed by atoms with Crippen molar-refractivity contribution in [1.29, 1.82) is 0 Å². The number of aliphatic hydroxyl groups excluding tert-OH is 1. The molecule has 0 radical (unpaired) electrons. The van der Waals surface area contributed by atoms with Crippen molar-refractivity contribution < 1.29 is 9.90 Å². The summed E-state index contributed by atoms with van der Waals surface area (Å²) in [5, 5.41) is 8.96. The number of primary amides is 1. The van der Waals surface area contributed by atoms with Gasteiger partial charge >= 0.3 is 0 Å². The summed E-state index contributed by atoms with van der Waals surface area (Å²) in [6.45, 7) is 0.935. The minimum absolute atomic E-state index is 0.0590. The highest BCUT2D eigenvalue weighted by atomic mass is 32.2. The van der Waals surface area contributed by atoms with Crippen LogP contribution < -0.4 is 5.73 Å². The first-order valence-electron chi connectivity index (χ1n) is 6.06. The van der Waals surface area contributed by atoms with Crippen molar-refractivity contribution >= 4 is 17.7 Å². The smallest absolute Gasteiger partial charge is 0.245 e. The van der Waals surface area contributed by atoms with Gasteiger partial charge in [0, 0.05) is 24.9 Å². The summed E-state index contributed by atoms with van der Waals surface area (Å²) in [6.07, 6.45) is 0.619. The van der Waals surface area contributed by atoms with E-state index in [0.29, 0.717) is 6.42 Å². The molecule has 3 N–H and O–H groups in total. The minimum atomic E-state index is -0.295. The fraction of sp³-hybridized carbons (Fsp3) is 0.462. The van der Waals surface area contributed by atoms with Crippen LogP contribution in [0.15, 0.2) is 30.3 Å². The molecule has 0 spiro atoms. The van der Waals surface area contributed by atoms with Gasteiger partial charge in [-0.05, 0) is 12.0 Å². The van der Waals surface area contributed by atoms with Gasteiger partial charge in [-0.15, -0.1) is 11.8 Å². The highest BCUT2D eigenvalue weighted by Crippen LogP contribution is 2.34. The molecule has 0 bridgehead atoms. The molecule has 4 nitrogen and oxygen atoms in total. The Kier molecular flexibility index (Phi) is 4.63. The van der Waals surface area contributed by atoms with Crippen molar-refractivity contribution in [3.05, 3.63) is 35.9 Å². The monoisotopic (exact) mass is 266 g/mol. The van der Waals surface area contributed by atoms with Crippen LogP contribution in [0.1, 0.15) is 18.0 Å². The number of amides is 1. The van der Waals surface area contributed by atoms with Crippen LogP contribution in [-0.2, 0) is 4.79 Å². The fourth-order valence-electron chi connectivity index (χ4n) is 2.37. The first-order valence-corrected chi connectivity index (χ1v) is 7.11. The Hall–Kier alpha value is -1.04. The number of hydrogen-bond donors (Lipinski definition) is 2. The second kappa shape index (κ2) is 6.22. The van der Waals surface area contributed by atoms with Gasteiger partial charge in [0.15, 0.2) is 0 Å². The molecule has 98 valence electrons. The molecule has 1 unspecified atom stereocenters. The van der Waals surface area contributed by atoms with E-state index >= 15 is 0 Å². The molecule has 1 amide bonds. The van der Waals surface area contributed by atoms with Gasteiger partial charge < -0.3 is 10.8 Å². The highest BCUT2D eigenvalue weighted by Gasteiger charge is 2.35. The van der Waals surface area contributed by atoms with Gasteiger partial charge in [-0.1, -0.05) is 30.3 Å². The number of nitrogens with two attached hydrogens (primary N) is 1. The first-order chi connectivity index (χ1) is 8.74. The van der Waals surface area contributed by atoms with E-state index in [-0.39, 0.29) is 23.9 Å². The normalized spacial score (nSPS) is 21.9. The van der Waals surface area contributed by atoms with Crippen LogP contribution in [0.4, 0.5) is 0 Å². The van der Waals surface area contributed by atoms with Crippen LogP contribution in [0.5, 0.6) is 0 Å². The van der Waals surface area contributed by atoms with E-state index < -0.39 is 0 Å². The lowest BCUT2D eigenvalue weighted by atomic mass is 10.0. The maximum Gasteiger partial charge on any atom is 0.245 e. The van der Waals surface area contributed by atoms with E-state index in [1.165, 1.54) is 0 Å². The minimum Gasteiger partial charge on any atom is -0.396 e. The molecule has 18 heavy (non-hydrogen) atoms. The Morgan fingerprint density at radius 2 is 2.22 bits per heavy atom. The average molecular weight is 266 g/mol. The lowest BCUT2D eigenvalue weighted by molar-refractivity contribution is -0.120. The van der Waals surface area contributed by atoms with Gasteiger partial charge in [0.1, 0.15) is 5.37 Å². The van der Waals surface area contributed by atoms with Gasteiger partial charge in [0.2, 0.25) is 5.91 Å². The predicted octanol–water partition coefficient (Wildman–Crippen LogP) is 0.970. The summed E-state index contributed by atoms with van der Waals surface area (Å²) in [6, 6.07) is 10.0. The van der Waals surface area contributed by atoms with E-state index in [1.54, 1.807) is 11.8 Å². The van der Waals surface area contributed by atoms with E-state index in [9.17, 15) is 9.90 Å². The topological polar surface area (TPSA) is 66.6 Å². The summed E-state index contributed by atoms with van der Waals surface area (Å²) in [5.41, 5.74) is 6.56. The van der Waals surface area contributed by atoms with Crippen molar-refractivity contribution in [3.63, 3.8) is 0 Å². The summed E-state index contributed by atoms with van der Waals surface area (Å²) in [5.74, 6) is 0.610. The second-order valence-electron chi connectivity index (χ2n) is 4.30. The maximum absolute atomic E-state index is 11.4. The van der Waals surface area contributed by atoms with E-state index in [1.807, 2.05) is 30.3 Å². The van der Waals surface area contributed by atoms with Crippen LogP contribution in [0.2, 0.25) is 0 Å². The van der Waals surface area contributed by atoms with Gasteiger partial charge in [-0.2, -0.15) is 0 Å². The molecular formula is C13H18N2O2S. The third-order valence-electron chi connectivity index (χ3n) is 3.16. The van der Waals surface area contributed by atoms with Crippen molar-refractivity contribution in [3.8, 4) is 0 Å². The van der Waals surface area contributed by atoms with Crippen molar-refractivity contribution in [2.45, 2.75) is 17.8 Å². The van der Waals surface area contributed by atoms with Gasteiger partial charge in [0.05, 0.1) is 0 Å². The predicted molar refractivity (Wildman–Crippen MR) is 73.0 cm³/mol. The Balaban J connectivity index is 2.22. The van der Waals surface area contributed by atoms with Gasteiger partial charge in [-0.3, -0.25) is 9.69 Å². The van der Waals surface area contributed by atoms with Crippen LogP contribution in [0.3, 0.4) is 0 Å². The second-order valence-corrected chi connectivity index (χ2v) is 5.49. The zero-order valence-electron chi connectivity index (χ0n) is 10.2. The molecule has 1 aliphatic heterocycles. The molecule has 1 fully saturated rings. The summed E-state index contributed by atoms with van der Waals surface area (Å²) in [4.78, 5) is 13.5. The molecule has 1 aliphatic rings. The number of hydrogen-bond acceptors (Lipinski definition) is 4. The van der Waals surface area contributed by atoms with Gasteiger partial charge in [0.25, 0.3) is 0 Å². The Morgan fingerprint density at radius 1 is 1.50 bits per heavy atom. The zero-order chi connectivity index (χ0) is 13.0. The van der Waals surface area contributed by atoms with Crippen LogP contribution in [0, 0.1) is 0 Å². The number of carbonyl (C=O) groups excluding carboxylic acids is 1. The van der Waals surface area contributed by atoms with Crippen LogP contribution >= 0.6 is 11.8 Å². The SMILES string of the molecule is NC(=O)C1SCCN1[C@@H](CCO)c1ccccc1. The fourth-order valence-corrected chi connectivity index (χ4v) is 3.52. The zero-order valence-corrected chi connectivity index (χ0v) is 11.0. The molecule has 1 aromatic carbocycles. The maximum atomic E-state index is 11.4. The Labute approximate surface area is 111 Å². The van der Waals surface area contributed by atoms with Crippen LogP contribution in [-0.4, -0.2) is 40.2 Å². The van der Waals surface area contributed by atoms with Crippen molar-refractivity contribution in [2.24, 2.45) is 5.73 Å². The van der Waals surface area contributed by atoms with Gasteiger partial charge in [-0.25, -0.2) is 0 Å². The Bertz CT molecular complexity index is 399. The third-order valence-corrected chi connectivity index (χ3v) is 4.39. The number of benzene rings is 1. The first kappa shape index (κ1) is 13.4. The molecule has 2 rings (SSSR count). The van der Waals surface area contributed by atoms with Crippen molar-refractivity contribution in [2.75, 3.05) is 18.9 Å². The number of aliphatic hydroxyl groups is 1. The molecule has 1 aromatic rings. The number of nitrogens with zero attached hydrogens (tertiary/aromatic N) is 1. The lowest BCUT2D eigenvalue weighted by Gasteiger charge is -2.30. The molecule has 5 heteroatoms. The number of thioether (sulfide) groups is 1. The summed E-state index contributed by atoms with van der Waals surface area (Å²) >= 11 is 1.58. The molecule has 1 heterocycles. The summed E-state index contributed by atoms with van der Waals surface area (Å²) < 4.78 is 0. The molecule has 0 saturated carbocycles. The van der Waals surface area contributed by atoms with E-state index in [4.69, 9.17) is 5.73 Å². The Morgan fingerprint density at radius 3 is 2.83 bits per heavy atom. The molecule has 0 aliphatic carbocycles. The molecule has 1 saturated heterocycles. The number of rotatable bonds is 5. The summed E-state index contributed by atoms with van der Waals surface area (Å²) in [7, 11) is 0. The largest absolute Gasteiger partial charge is 0.396 e. The van der Waals surface area contributed by atoms with E-state index in [0.717, 1.165) is 17.9 Å². The van der Waals surface area contributed by atoms with Crippen LogP contribution in [0.25, 0.3) is 0 Å². The molecule has 2 atom stereocenters. The molecule has 0 aromatic heterocycles. The average Bonchev–Trinajstić information content (AvgIpc) is 2.86. The van der Waals surface area contributed by atoms with E-state index in [2.05, 4.69) is 4.90 Å².